The van der Waals surface area contributed by atoms with Crippen molar-refractivity contribution >= 4 is 29.5 Å². The normalized spacial score (nSPS) is 25.2. The van der Waals surface area contributed by atoms with E-state index in [-0.39, 0.29) is 31.0 Å². The van der Waals surface area contributed by atoms with E-state index < -0.39 is 47.8 Å². The highest BCUT2D eigenvalue weighted by Crippen LogP contribution is 2.43. The maximum Gasteiger partial charge on any atom is 0.416 e. The highest BCUT2D eigenvalue weighted by molar-refractivity contribution is 6.22. The van der Waals surface area contributed by atoms with Gasteiger partial charge in [0, 0.05) is 13.0 Å². The molecule has 0 N–H and O–H groups in total. The summed E-state index contributed by atoms with van der Waals surface area (Å²) in [4.78, 5) is 53.2. The zero-order chi connectivity index (χ0) is 21.8. The Morgan fingerprint density at radius 2 is 1.93 bits per heavy atom. The highest BCUT2D eigenvalue weighted by atomic mass is 19.4. The number of rotatable bonds is 4. The Hall–Kier alpha value is -3.11. The van der Waals surface area contributed by atoms with Gasteiger partial charge in [-0.2, -0.15) is 13.2 Å². The van der Waals surface area contributed by atoms with E-state index >= 15 is 0 Å². The van der Waals surface area contributed by atoms with E-state index in [1.165, 1.54) is 23.0 Å². The van der Waals surface area contributed by atoms with Crippen LogP contribution in [0.2, 0.25) is 0 Å². The fourth-order valence-electron chi connectivity index (χ4n) is 4.46. The van der Waals surface area contributed by atoms with Crippen molar-refractivity contribution < 1.29 is 37.1 Å². The van der Waals surface area contributed by atoms with Crippen molar-refractivity contribution in [3.8, 4) is 0 Å². The molecule has 4 amide bonds. The molecule has 0 radical (unpaired) electrons. The molecule has 8 nitrogen and oxygen atoms in total. The largest absolute Gasteiger partial charge is 0.469 e. The van der Waals surface area contributed by atoms with Gasteiger partial charge in [-0.3, -0.25) is 14.4 Å². The number of ether oxygens (including phenoxy) is 1. The third-order valence-corrected chi connectivity index (χ3v) is 5.79. The standard InChI is InChI=1S/C19H18F3N3O5/c1-30-15(27)6-5-14(26)23-9-12-8-13(23)16-17(28)25(18(29)24(12)16)11-4-2-3-10(7-11)19(20,21)22/h2-4,7,12-13,16H,5-6,8-9H2,1H3/t12?,13?,16-/m1/s1. The zero-order valence-electron chi connectivity index (χ0n) is 15.9. The number of fused-ring (bicyclic) bond motifs is 5. The number of carbonyl (C=O) groups is 4. The van der Waals surface area contributed by atoms with E-state index in [0.29, 0.717) is 6.42 Å². The summed E-state index contributed by atoms with van der Waals surface area (Å²) < 4.78 is 43.6. The number of piperazine rings is 1. The average Bonchev–Trinajstić information content (AvgIpc) is 3.36. The zero-order valence-corrected chi connectivity index (χ0v) is 15.9. The van der Waals surface area contributed by atoms with Gasteiger partial charge in [-0.25, -0.2) is 9.69 Å². The first-order valence-electron chi connectivity index (χ1n) is 9.33. The molecule has 160 valence electrons. The molecule has 0 aliphatic carbocycles. The lowest BCUT2D eigenvalue weighted by atomic mass is 10.1. The van der Waals surface area contributed by atoms with Crippen molar-refractivity contribution in [2.24, 2.45) is 0 Å². The molecule has 2 bridgehead atoms. The van der Waals surface area contributed by atoms with Gasteiger partial charge in [0.25, 0.3) is 5.91 Å². The molecular formula is C19H18F3N3O5. The number of hydrogen-bond donors (Lipinski definition) is 0. The molecule has 3 heterocycles. The lowest BCUT2D eigenvalue weighted by Gasteiger charge is -2.34. The molecule has 3 atom stereocenters. The van der Waals surface area contributed by atoms with E-state index in [0.717, 1.165) is 23.1 Å². The van der Waals surface area contributed by atoms with Gasteiger partial charge in [0.15, 0.2) is 0 Å². The van der Waals surface area contributed by atoms with Crippen molar-refractivity contribution in [2.45, 2.75) is 43.6 Å². The number of nitrogens with zero attached hydrogens (tertiary/aromatic N) is 3. The molecule has 0 saturated carbocycles. The van der Waals surface area contributed by atoms with Crippen LogP contribution in [0.25, 0.3) is 0 Å². The average molecular weight is 425 g/mol. The summed E-state index contributed by atoms with van der Waals surface area (Å²) in [6.45, 7) is 0.219. The number of methoxy groups -OCH3 is 1. The van der Waals surface area contributed by atoms with Crippen LogP contribution in [-0.4, -0.2) is 65.4 Å². The number of carbonyl (C=O) groups excluding carboxylic acids is 4. The van der Waals surface area contributed by atoms with Crippen molar-refractivity contribution in [2.75, 3.05) is 18.6 Å². The Morgan fingerprint density at radius 1 is 1.20 bits per heavy atom. The molecule has 3 fully saturated rings. The molecule has 4 rings (SSSR count). The van der Waals surface area contributed by atoms with Crippen LogP contribution >= 0.6 is 0 Å². The van der Waals surface area contributed by atoms with E-state index in [2.05, 4.69) is 4.74 Å². The number of halogens is 3. The van der Waals surface area contributed by atoms with Gasteiger partial charge in [-0.15, -0.1) is 0 Å². The van der Waals surface area contributed by atoms with Gasteiger partial charge in [-0.1, -0.05) is 6.07 Å². The van der Waals surface area contributed by atoms with Crippen molar-refractivity contribution in [1.82, 2.24) is 9.80 Å². The van der Waals surface area contributed by atoms with Crippen LogP contribution < -0.4 is 4.90 Å². The number of amides is 4. The number of alkyl halides is 3. The lowest BCUT2D eigenvalue weighted by Crippen LogP contribution is -2.54. The second-order valence-corrected chi connectivity index (χ2v) is 7.44. The number of benzene rings is 1. The molecule has 1 aromatic carbocycles. The lowest BCUT2D eigenvalue weighted by molar-refractivity contribution is -0.144. The van der Waals surface area contributed by atoms with E-state index in [1.54, 1.807) is 0 Å². The Balaban J connectivity index is 1.55. The Morgan fingerprint density at radius 3 is 2.60 bits per heavy atom. The summed E-state index contributed by atoms with van der Waals surface area (Å²) in [6, 6.07) is 1.46. The molecule has 3 aliphatic heterocycles. The molecule has 30 heavy (non-hydrogen) atoms. The first kappa shape index (κ1) is 20.2. The van der Waals surface area contributed by atoms with Gasteiger partial charge in [0.2, 0.25) is 5.91 Å². The smallest absolute Gasteiger partial charge is 0.416 e. The summed E-state index contributed by atoms with van der Waals surface area (Å²) >= 11 is 0. The number of esters is 1. The van der Waals surface area contributed by atoms with Gasteiger partial charge in [-0.05, 0) is 24.6 Å². The Kier molecular flexibility index (Phi) is 4.70. The second kappa shape index (κ2) is 6.99. The van der Waals surface area contributed by atoms with E-state index in [1.807, 2.05) is 0 Å². The number of hydrogen-bond acceptors (Lipinski definition) is 5. The van der Waals surface area contributed by atoms with Crippen molar-refractivity contribution in [3.05, 3.63) is 29.8 Å². The summed E-state index contributed by atoms with van der Waals surface area (Å²) in [5, 5.41) is 0. The van der Waals surface area contributed by atoms with Gasteiger partial charge < -0.3 is 14.5 Å². The second-order valence-electron chi connectivity index (χ2n) is 7.44. The van der Waals surface area contributed by atoms with Crippen molar-refractivity contribution in [1.29, 1.82) is 0 Å². The molecular weight excluding hydrogens is 407 g/mol. The molecule has 2 unspecified atom stereocenters. The van der Waals surface area contributed by atoms with Crippen LogP contribution in [0.1, 0.15) is 24.8 Å². The van der Waals surface area contributed by atoms with Crippen molar-refractivity contribution in [3.63, 3.8) is 0 Å². The topological polar surface area (TPSA) is 87.2 Å². The Labute approximate surface area is 169 Å². The fourth-order valence-corrected chi connectivity index (χ4v) is 4.46. The van der Waals surface area contributed by atoms with Gasteiger partial charge in [0.1, 0.15) is 6.04 Å². The number of anilines is 1. The van der Waals surface area contributed by atoms with Crippen LogP contribution in [-0.2, 0) is 25.3 Å². The van der Waals surface area contributed by atoms with Crippen LogP contribution in [0.4, 0.5) is 23.7 Å². The molecule has 3 aliphatic rings. The third-order valence-electron chi connectivity index (χ3n) is 5.79. The fraction of sp³-hybridized carbons (Fsp3) is 0.474. The van der Waals surface area contributed by atoms with Crippen LogP contribution in [0.5, 0.6) is 0 Å². The van der Waals surface area contributed by atoms with E-state index in [9.17, 15) is 32.3 Å². The highest BCUT2D eigenvalue weighted by Gasteiger charge is 2.62. The predicted molar refractivity (Wildman–Crippen MR) is 95.1 cm³/mol. The van der Waals surface area contributed by atoms with Crippen LogP contribution in [0.3, 0.4) is 0 Å². The minimum absolute atomic E-state index is 0.0813. The van der Waals surface area contributed by atoms with Gasteiger partial charge in [0.05, 0.1) is 36.9 Å². The molecule has 0 spiro atoms. The summed E-state index contributed by atoms with van der Waals surface area (Å²) in [7, 11) is 1.22. The summed E-state index contributed by atoms with van der Waals surface area (Å²) in [5.74, 6) is -1.51. The number of urea groups is 1. The maximum atomic E-state index is 13.0. The number of imide groups is 1. The summed E-state index contributed by atoms with van der Waals surface area (Å²) in [5.41, 5.74) is -1.12. The Bertz CT molecular complexity index is 934. The monoisotopic (exact) mass is 425 g/mol. The third kappa shape index (κ3) is 3.08. The van der Waals surface area contributed by atoms with E-state index in [4.69, 9.17) is 0 Å². The first-order chi connectivity index (χ1) is 14.1. The minimum Gasteiger partial charge on any atom is -0.469 e. The quantitative estimate of drug-likeness (QED) is 0.542. The first-order valence-corrected chi connectivity index (χ1v) is 9.33. The predicted octanol–water partition coefficient (Wildman–Crippen LogP) is 1.78. The number of likely N-dealkylation sites (tertiary alicyclic amines) is 1. The maximum absolute atomic E-state index is 13.0. The summed E-state index contributed by atoms with van der Waals surface area (Å²) in [6.07, 6.45) is -4.37. The molecule has 11 heteroatoms. The molecule has 3 saturated heterocycles. The van der Waals surface area contributed by atoms with Gasteiger partial charge >= 0.3 is 18.2 Å². The van der Waals surface area contributed by atoms with Crippen LogP contribution in [0.15, 0.2) is 24.3 Å². The molecule has 1 aromatic rings. The SMILES string of the molecule is COC(=O)CCC(=O)N1CC2CC1[C@@H]1C(=O)N(c3cccc(C(F)(F)F)c3)C(=O)N21. The minimum atomic E-state index is -4.61. The van der Waals surface area contributed by atoms with Crippen LogP contribution in [0, 0.1) is 0 Å². The molecule has 0 aromatic heterocycles.